The molecule has 5 nitrogen and oxygen atoms in total. The van der Waals surface area contributed by atoms with Crippen molar-refractivity contribution in [1.29, 1.82) is 0 Å². The van der Waals surface area contributed by atoms with Crippen LogP contribution in [0, 0.1) is 6.92 Å². The number of nitrogens with zero attached hydrogens (tertiary/aromatic N) is 2. The lowest BCUT2D eigenvalue weighted by Gasteiger charge is -2.19. The monoisotopic (exact) mass is 315 g/mol. The van der Waals surface area contributed by atoms with Crippen LogP contribution >= 0.6 is 11.3 Å². The Hall–Kier alpha value is -2.21. The van der Waals surface area contributed by atoms with E-state index >= 15 is 0 Å². The van der Waals surface area contributed by atoms with Crippen LogP contribution in [0.5, 0.6) is 0 Å². The second-order valence-corrected chi connectivity index (χ2v) is 6.82. The van der Waals surface area contributed by atoms with Crippen molar-refractivity contribution in [2.45, 2.75) is 26.2 Å². The number of aryl methyl sites for hydroxylation is 1. The number of carbonyl (C=O) groups excluding carboxylic acids is 2. The average Bonchev–Trinajstić information content (AvgIpc) is 3.02. The number of nitrogens with one attached hydrogen (secondary N) is 1. The van der Waals surface area contributed by atoms with Crippen molar-refractivity contribution < 1.29 is 9.59 Å². The lowest BCUT2D eigenvalue weighted by molar-refractivity contribution is -0.124. The summed E-state index contributed by atoms with van der Waals surface area (Å²) >= 11 is 1.35. The third-order valence-corrected chi connectivity index (χ3v) is 4.56. The predicted octanol–water partition coefficient (Wildman–Crippen LogP) is 2.71. The molecule has 22 heavy (non-hydrogen) atoms. The lowest BCUT2D eigenvalue weighted by Crippen LogP contribution is -2.40. The molecule has 3 rings (SSSR count). The maximum atomic E-state index is 12.7. The van der Waals surface area contributed by atoms with Crippen LogP contribution in [0.2, 0.25) is 0 Å². The van der Waals surface area contributed by atoms with Crippen LogP contribution < -0.4 is 10.2 Å². The van der Waals surface area contributed by atoms with Crippen molar-refractivity contribution in [2.75, 3.05) is 16.8 Å². The van der Waals surface area contributed by atoms with Gasteiger partial charge in [0.2, 0.25) is 11.8 Å². The summed E-state index contributed by atoms with van der Waals surface area (Å²) in [6, 6.07) is 5.89. The molecule has 2 amide bonds. The molecule has 6 heteroatoms. The molecule has 2 heterocycles. The van der Waals surface area contributed by atoms with Crippen LogP contribution in [-0.4, -0.2) is 23.3 Å². The van der Waals surface area contributed by atoms with E-state index in [-0.39, 0.29) is 18.4 Å². The van der Waals surface area contributed by atoms with E-state index in [1.165, 1.54) is 11.3 Å². The number of hydrogen-bond acceptors (Lipinski definition) is 4. The Balaban J connectivity index is 1.86. The SMILES string of the molecule is Cc1ccc2c(c1)C(C)(C)C(=O)N2CC(=O)Nc1nccs1. The van der Waals surface area contributed by atoms with Crippen molar-refractivity contribution in [3.63, 3.8) is 0 Å². The molecular formula is C16H17N3O2S. The highest BCUT2D eigenvalue weighted by Gasteiger charge is 2.44. The first-order valence-corrected chi connectivity index (χ1v) is 7.90. The Morgan fingerprint density at radius 1 is 1.41 bits per heavy atom. The molecule has 1 N–H and O–H groups in total. The molecule has 0 saturated carbocycles. The highest BCUT2D eigenvalue weighted by molar-refractivity contribution is 7.13. The molecule has 1 aromatic heterocycles. The van der Waals surface area contributed by atoms with Gasteiger partial charge in [0, 0.05) is 17.3 Å². The second-order valence-electron chi connectivity index (χ2n) is 5.92. The van der Waals surface area contributed by atoms with Gasteiger partial charge in [-0.15, -0.1) is 11.3 Å². The molecule has 0 saturated heterocycles. The first-order chi connectivity index (χ1) is 10.4. The molecule has 0 unspecified atom stereocenters. The van der Waals surface area contributed by atoms with Crippen molar-refractivity contribution in [1.82, 2.24) is 4.98 Å². The van der Waals surface area contributed by atoms with Crippen molar-refractivity contribution >= 4 is 34.0 Å². The zero-order valence-electron chi connectivity index (χ0n) is 12.7. The lowest BCUT2D eigenvalue weighted by atomic mass is 9.85. The molecule has 1 aliphatic heterocycles. The van der Waals surface area contributed by atoms with Gasteiger partial charge in [0.15, 0.2) is 5.13 Å². The number of hydrogen-bond donors (Lipinski definition) is 1. The van der Waals surface area contributed by atoms with E-state index < -0.39 is 5.41 Å². The Morgan fingerprint density at radius 2 is 2.18 bits per heavy atom. The molecule has 0 spiro atoms. The van der Waals surface area contributed by atoms with E-state index in [1.807, 2.05) is 39.0 Å². The largest absolute Gasteiger partial charge is 0.302 e. The summed E-state index contributed by atoms with van der Waals surface area (Å²) in [5, 5.41) is 5.04. The molecule has 0 bridgehead atoms. The Kier molecular flexibility index (Phi) is 3.48. The molecule has 1 aliphatic rings. The van der Waals surface area contributed by atoms with E-state index in [0.29, 0.717) is 5.13 Å². The number of amides is 2. The number of anilines is 2. The molecule has 0 radical (unpaired) electrons. The zero-order chi connectivity index (χ0) is 15.9. The Labute approximate surface area is 133 Å². The minimum Gasteiger partial charge on any atom is -0.302 e. The zero-order valence-corrected chi connectivity index (χ0v) is 13.5. The standard InChI is InChI=1S/C16H17N3O2S/c1-10-4-5-12-11(8-10)16(2,3)14(21)19(12)9-13(20)18-15-17-6-7-22-15/h4-8H,9H2,1-3H3,(H,17,18,20). The fourth-order valence-corrected chi connectivity index (χ4v) is 3.24. The summed E-state index contributed by atoms with van der Waals surface area (Å²) in [5.74, 6) is -0.296. The van der Waals surface area contributed by atoms with Crippen LogP contribution in [0.15, 0.2) is 29.8 Å². The van der Waals surface area contributed by atoms with Gasteiger partial charge < -0.3 is 10.2 Å². The highest BCUT2D eigenvalue weighted by atomic mass is 32.1. The third-order valence-electron chi connectivity index (χ3n) is 3.88. The Morgan fingerprint density at radius 3 is 2.86 bits per heavy atom. The summed E-state index contributed by atoms with van der Waals surface area (Å²) in [5.41, 5.74) is 2.28. The fraction of sp³-hybridized carbons (Fsp3) is 0.312. The summed E-state index contributed by atoms with van der Waals surface area (Å²) in [4.78, 5) is 30.4. The topological polar surface area (TPSA) is 62.3 Å². The number of fused-ring (bicyclic) bond motifs is 1. The fourth-order valence-electron chi connectivity index (χ4n) is 2.69. The summed E-state index contributed by atoms with van der Waals surface area (Å²) in [6.07, 6.45) is 1.63. The van der Waals surface area contributed by atoms with Gasteiger partial charge in [0.1, 0.15) is 6.54 Å². The van der Waals surface area contributed by atoms with Gasteiger partial charge in [-0.05, 0) is 32.4 Å². The minimum absolute atomic E-state index is 0.00208. The molecule has 114 valence electrons. The van der Waals surface area contributed by atoms with Gasteiger partial charge in [-0.1, -0.05) is 17.7 Å². The number of rotatable bonds is 3. The third kappa shape index (κ3) is 2.39. The van der Waals surface area contributed by atoms with Crippen molar-refractivity contribution in [3.8, 4) is 0 Å². The van der Waals surface area contributed by atoms with E-state index in [9.17, 15) is 9.59 Å². The van der Waals surface area contributed by atoms with Gasteiger partial charge >= 0.3 is 0 Å². The summed E-state index contributed by atoms with van der Waals surface area (Å²) < 4.78 is 0. The van der Waals surface area contributed by atoms with Gasteiger partial charge in [0.25, 0.3) is 0 Å². The highest BCUT2D eigenvalue weighted by Crippen LogP contribution is 2.41. The molecule has 2 aromatic rings. The van der Waals surface area contributed by atoms with E-state index in [2.05, 4.69) is 10.3 Å². The van der Waals surface area contributed by atoms with E-state index in [4.69, 9.17) is 0 Å². The molecule has 0 aliphatic carbocycles. The quantitative estimate of drug-likeness (QED) is 0.947. The average molecular weight is 315 g/mol. The van der Waals surface area contributed by atoms with Gasteiger partial charge in [-0.25, -0.2) is 4.98 Å². The van der Waals surface area contributed by atoms with Crippen molar-refractivity contribution in [2.24, 2.45) is 0 Å². The summed E-state index contributed by atoms with van der Waals surface area (Å²) in [6.45, 7) is 5.79. The first-order valence-electron chi connectivity index (χ1n) is 7.02. The number of thiazole rings is 1. The number of benzene rings is 1. The number of carbonyl (C=O) groups is 2. The van der Waals surface area contributed by atoms with Crippen LogP contribution in [0.1, 0.15) is 25.0 Å². The maximum Gasteiger partial charge on any atom is 0.246 e. The van der Waals surface area contributed by atoms with E-state index in [0.717, 1.165) is 16.8 Å². The van der Waals surface area contributed by atoms with Gasteiger partial charge in [0.05, 0.1) is 5.41 Å². The van der Waals surface area contributed by atoms with Crippen molar-refractivity contribution in [3.05, 3.63) is 40.9 Å². The molecule has 0 fully saturated rings. The van der Waals surface area contributed by atoms with Crippen LogP contribution in [0.3, 0.4) is 0 Å². The second kappa shape index (κ2) is 5.21. The first kappa shape index (κ1) is 14.7. The maximum absolute atomic E-state index is 12.7. The minimum atomic E-state index is -0.608. The van der Waals surface area contributed by atoms with Gasteiger partial charge in [-0.2, -0.15) is 0 Å². The molecule has 0 atom stereocenters. The molecular weight excluding hydrogens is 298 g/mol. The smallest absolute Gasteiger partial charge is 0.246 e. The van der Waals surface area contributed by atoms with Crippen LogP contribution in [-0.2, 0) is 15.0 Å². The predicted molar refractivity (Wildman–Crippen MR) is 87.3 cm³/mol. The van der Waals surface area contributed by atoms with Crippen LogP contribution in [0.25, 0.3) is 0 Å². The van der Waals surface area contributed by atoms with E-state index in [1.54, 1.807) is 16.5 Å². The Bertz CT molecular complexity index is 738. The van der Waals surface area contributed by atoms with Crippen LogP contribution in [0.4, 0.5) is 10.8 Å². The normalized spacial score (nSPS) is 15.8. The summed E-state index contributed by atoms with van der Waals surface area (Å²) in [7, 11) is 0. The van der Waals surface area contributed by atoms with Gasteiger partial charge in [-0.3, -0.25) is 9.59 Å². The number of aromatic nitrogens is 1. The molecule has 1 aromatic carbocycles.